The number of piperazine rings is 1. The lowest BCUT2D eigenvalue weighted by Crippen LogP contribution is -2.48. The van der Waals surface area contributed by atoms with Crippen molar-refractivity contribution in [3.8, 4) is 5.75 Å². The van der Waals surface area contributed by atoms with E-state index in [9.17, 15) is 18.0 Å². The van der Waals surface area contributed by atoms with Gasteiger partial charge in [0.15, 0.2) is 0 Å². The minimum atomic E-state index is -4.74. The molecule has 144 valence electrons. The molecule has 1 aliphatic heterocycles. The first-order valence-corrected chi connectivity index (χ1v) is 8.74. The van der Waals surface area contributed by atoms with Gasteiger partial charge in [0.1, 0.15) is 5.75 Å². The van der Waals surface area contributed by atoms with Crippen molar-refractivity contribution in [3.05, 3.63) is 65.2 Å². The van der Waals surface area contributed by atoms with Gasteiger partial charge in [-0.05, 0) is 42.3 Å². The Kier molecular flexibility index (Phi) is 5.70. The topological polar surface area (TPSA) is 32.8 Å². The molecule has 4 nitrogen and oxygen atoms in total. The molecule has 0 unspecified atom stereocenters. The van der Waals surface area contributed by atoms with Crippen LogP contribution in [0.4, 0.5) is 13.2 Å². The van der Waals surface area contributed by atoms with Crippen molar-refractivity contribution in [2.24, 2.45) is 0 Å². The number of carbonyl (C=O) groups excluding carboxylic acids is 1. The largest absolute Gasteiger partial charge is 0.573 e. The molecule has 0 N–H and O–H groups in total. The zero-order valence-electron chi connectivity index (χ0n) is 15.0. The van der Waals surface area contributed by atoms with Crippen LogP contribution in [0.25, 0.3) is 0 Å². The molecule has 2 aromatic carbocycles. The summed E-state index contributed by atoms with van der Waals surface area (Å²) in [6.45, 7) is 5.63. The summed E-state index contributed by atoms with van der Waals surface area (Å²) in [4.78, 5) is 16.6. The zero-order valence-corrected chi connectivity index (χ0v) is 15.0. The van der Waals surface area contributed by atoms with Gasteiger partial charge in [0, 0.05) is 38.3 Å². The number of amides is 1. The highest BCUT2D eigenvalue weighted by molar-refractivity contribution is 5.94. The summed E-state index contributed by atoms with van der Waals surface area (Å²) in [6, 6.07) is 13.3. The van der Waals surface area contributed by atoms with Gasteiger partial charge in [-0.25, -0.2) is 0 Å². The second-order valence-corrected chi connectivity index (χ2v) is 6.57. The molecule has 0 bridgehead atoms. The quantitative estimate of drug-likeness (QED) is 0.810. The van der Waals surface area contributed by atoms with Crippen molar-refractivity contribution >= 4 is 5.91 Å². The number of rotatable bonds is 4. The third-order valence-corrected chi connectivity index (χ3v) is 4.65. The van der Waals surface area contributed by atoms with Gasteiger partial charge in [0.25, 0.3) is 5.91 Å². The lowest BCUT2D eigenvalue weighted by molar-refractivity contribution is -0.274. The van der Waals surface area contributed by atoms with E-state index >= 15 is 0 Å². The Morgan fingerprint density at radius 3 is 2.22 bits per heavy atom. The number of hydrogen-bond acceptors (Lipinski definition) is 3. The molecule has 0 aliphatic carbocycles. The molecule has 0 atom stereocenters. The van der Waals surface area contributed by atoms with Crippen molar-refractivity contribution < 1.29 is 22.7 Å². The smallest absolute Gasteiger partial charge is 0.406 e. The maximum Gasteiger partial charge on any atom is 0.573 e. The number of hydrogen-bond donors (Lipinski definition) is 0. The van der Waals surface area contributed by atoms with Crippen molar-refractivity contribution in [1.82, 2.24) is 9.80 Å². The fraction of sp³-hybridized carbons (Fsp3) is 0.350. The number of ether oxygens (including phenoxy) is 1. The molecule has 0 aromatic heterocycles. The zero-order chi connectivity index (χ0) is 19.4. The number of benzene rings is 2. The number of halogens is 3. The molecule has 1 aliphatic rings. The van der Waals surface area contributed by atoms with E-state index in [2.05, 4.69) is 28.7 Å². The van der Waals surface area contributed by atoms with Crippen LogP contribution in [-0.4, -0.2) is 48.2 Å². The van der Waals surface area contributed by atoms with Gasteiger partial charge in [-0.15, -0.1) is 13.2 Å². The summed E-state index contributed by atoms with van der Waals surface area (Å²) in [5, 5.41) is 0. The van der Waals surface area contributed by atoms with Gasteiger partial charge in [0.05, 0.1) is 0 Å². The lowest BCUT2D eigenvalue weighted by atomic mass is 10.1. The minimum Gasteiger partial charge on any atom is -0.406 e. The fourth-order valence-electron chi connectivity index (χ4n) is 3.12. The van der Waals surface area contributed by atoms with Crippen LogP contribution < -0.4 is 4.74 Å². The summed E-state index contributed by atoms with van der Waals surface area (Å²) in [5.41, 5.74) is 2.88. The first-order valence-electron chi connectivity index (χ1n) is 8.74. The van der Waals surface area contributed by atoms with Crippen molar-refractivity contribution in [1.29, 1.82) is 0 Å². The molecule has 7 heteroatoms. The number of alkyl halides is 3. The van der Waals surface area contributed by atoms with Gasteiger partial charge in [-0.1, -0.05) is 24.3 Å². The van der Waals surface area contributed by atoms with E-state index in [0.717, 1.165) is 31.8 Å². The molecule has 0 radical (unpaired) electrons. The summed E-state index contributed by atoms with van der Waals surface area (Å²) in [6.07, 6.45) is -4.74. The van der Waals surface area contributed by atoms with E-state index in [4.69, 9.17) is 0 Å². The van der Waals surface area contributed by atoms with Crippen molar-refractivity contribution in [2.45, 2.75) is 19.8 Å². The van der Waals surface area contributed by atoms with Crippen molar-refractivity contribution in [2.75, 3.05) is 26.2 Å². The van der Waals surface area contributed by atoms with Crippen LogP contribution in [0.1, 0.15) is 21.5 Å². The Hall–Kier alpha value is -2.54. The van der Waals surface area contributed by atoms with E-state index in [1.54, 1.807) is 4.90 Å². The molecule has 3 rings (SSSR count). The summed E-state index contributed by atoms with van der Waals surface area (Å²) in [5.74, 6) is -0.508. The number of aryl methyl sites for hydroxylation is 1. The van der Waals surface area contributed by atoms with Crippen LogP contribution in [0, 0.1) is 6.92 Å². The maximum absolute atomic E-state index is 12.6. The predicted octanol–water partition coefficient (Wildman–Crippen LogP) is 3.85. The standard InChI is InChI=1S/C20H21F3N2O2/c1-15-4-2-3-5-17(15)14-24-10-12-25(13-11-24)19(26)16-6-8-18(9-7-16)27-20(21,22)23/h2-9H,10-14H2,1H3. The average Bonchev–Trinajstić information content (AvgIpc) is 2.63. The van der Waals surface area contributed by atoms with E-state index in [-0.39, 0.29) is 11.7 Å². The Balaban J connectivity index is 1.54. The monoisotopic (exact) mass is 378 g/mol. The normalized spacial score (nSPS) is 15.6. The van der Waals surface area contributed by atoms with Gasteiger partial charge in [-0.2, -0.15) is 0 Å². The Bertz CT molecular complexity index is 783. The Labute approximate surface area is 156 Å². The third-order valence-electron chi connectivity index (χ3n) is 4.65. The molecular formula is C20H21F3N2O2. The Morgan fingerprint density at radius 2 is 1.63 bits per heavy atom. The van der Waals surface area contributed by atoms with Crippen LogP contribution in [-0.2, 0) is 6.54 Å². The molecule has 2 aromatic rings. The fourth-order valence-corrected chi connectivity index (χ4v) is 3.12. The van der Waals surface area contributed by atoms with Gasteiger partial charge >= 0.3 is 6.36 Å². The van der Waals surface area contributed by atoms with Crippen molar-refractivity contribution in [3.63, 3.8) is 0 Å². The van der Waals surface area contributed by atoms with Crippen LogP contribution >= 0.6 is 0 Å². The molecule has 1 saturated heterocycles. The third kappa shape index (κ3) is 5.23. The lowest BCUT2D eigenvalue weighted by Gasteiger charge is -2.35. The first kappa shape index (κ1) is 19.2. The second-order valence-electron chi connectivity index (χ2n) is 6.57. The summed E-state index contributed by atoms with van der Waals surface area (Å²) >= 11 is 0. The Morgan fingerprint density at radius 1 is 1.00 bits per heavy atom. The van der Waals surface area contributed by atoms with Gasteiger partial charge in [0.2, 0.25) is 0 Å². The van der Waals surface area contributed by atoms with E-state index in [1.807, 2.05) is 12.1 Å². The van der Waals surface area contributed by atoms with Crippen LogP contribution in [0.2, 0.25) is 0 Å². The van der Waals surface area contributed by atoms with Crippen LogP contribution in [0.5, 0.6) is 5.75 Å². The SMILES string of the molecule is Cc1ccccc1CN1CCN(C(=O)c2ccc(OC(F)(F)F)cc2)CC1. The van der Waals surface area contributed by atoms with Crippen LogP contribution in [0.15, 0.2) is 48.5 Å². The summed E-state index contributed by atoms with van der Waals surface area (Å²) < 4.78 is 40.5. The highest BCUT2D eigenvalue weighted by atomic mass is 19.4. The highest BCUT2D eigenvalue weighted by Crippen LogP contribution is 2.23. The molecule has 1 heterocycles. The van der Waals surface area contributed by atoms with E-state index in [0.29, 0.717) is 18.7 Å². The van der Waals surface area contributed by atoms with Gasteiger partial charge in [-0.3, -0.25) is 9.69 Å². The molecule has 0 spiro atoms. The predicted molar refractivity (Wildman–Crippen MR) is 95.5 cm³/mol. The second kappa shape index (κ2) is 8.00. The summed E-state index contributed by atoms with van der Waals surface area (Å²) in [7, 11) is 0. The highest BCUT2D eigenvalue weighted by Gasteiger charge is 2.31. The molecule has 27 heavy (non-hydrogen) atoms. The molecule has 1 fully saturated rings. The maximum atomic E-state index is 12.6. The number of carbonyl (C=O) groups is 1. The van der Waals surface area contributed by atoms with Gasteiger partial charge < -0.3 is 9.64 Å². The van der Waals surface area contributed by atoms with E-state index in [1.165, 1.54) is 23.3 Å². The van der Waals surface area contributed by atoms with Crippen LogP contribution in [0.3, 0.4) is 0 Å². The average molecular weight is 378 g/mol. The molecule has 1 amide bonds. The molecular weight excluding hydrogens is 357 g/mol. The first-order chi connectivity index (χ1) is 12.8. The molecule has 0 saturated carbocycles. The number of nitrogens with zero attached hydrogens (tertiary/aromatic N) is 2. The minimum absolute atomic E-state index is 0.177. The van der Waals surface area contributed by atoms with E-state index < -0.39 is 6.36 Å².